The van der Waals surface area contributed by atoms with Crippen molar-refractivity contribution in [2.75, 3.05) is 6.61 Å². The van der Waals surface area contributed by atoms with Gasteiger partial charge in [0, 0.05) is 17.2 Å². The minimum Gasteiger partial charge on any atom is -0.507 e. The fourth-order valence-corrected chi connectivity index (χ4v) is 1.48. The van der Waals surface area contributed by atoms with Crippen LogP contribution in [0.4, 0.5) is 5.69 Å². The molecule has 1 N–H and O–H groups in total. The zero-order valence-corrected chi connectivity index (χ0v) is 10.8. The van der Waals surface area contributed by atoms with Crippen LogP contribution in [-0.4, -0.2) is 22.6 Å². The van der Waals surface area contributed by atoms with E-state index in [2.05, 4.69) is 0 Å². The van der Waals surface area contributed by atoms with Crippen LogP contribution >= 0.6 is 0 Å². The van der Waals surface area contributed by atoms with Crippen molar-refractivity contribution in [2.45, 2.75) is 20.3 Å². The molecule has 6 heteroatoms. The highest BCUT2D eigenvalue weighted by atomic mass is 16.6. The van der Waals surface area contributed by atoms with Crippen molar-refractivity contribution in [3.63, 3.8) is 0 Å². The molecule has 0 bridgehead atoms. The molecule has 0 aliphatic rings. The molecule has 1 aromatic carbocycles. The maximum absolute atomic E-state index is 11.6. The van der Waals surface area contributed by atoms with Gasteiger partial charge >= 0.3 is 5.97 Å². The van der Waals surface area contributed by atoms with E-state index >= 15 is 0 Å². The summed E-state index contributed by atoms with van der Waals surface area (Å²) < 4.78 is 4.87. The SMILES string of the molecule is CCOC(=O)C(=Cc1ccc([N+](=O)[O-])cc1O)CC. The number of hydrogen-bond donors (Lipinski definition) is 1. The molecule has 1 rings (SSSR count). The van der Waals surface area contributed by atoms with Gasteiger partial charge in [0.2, 0.25) is 0 Å². The van der Waals surface area contributed by atoms with E-state index in [1.165, 1.54) is 18.2 Å². The summed E-state index contributed by atoms with van der Waals surface area (Å²) in [6.45, 7) is 3.75. The van der Waals surface area contributed by atoms with Crippen molar-refractivity contribution in [3.05, 3.63) is 39.4 Å². The number of benzene rings is 1. The van der Waals surface area contributed by atoms with Crippen molar-refractivity contribution in [1.82, 2.24) is 0 Å². The first-order valence-corrected chi connectivity index (χ1v) is 5.84. The molecule has 0 aromatic heterocycles. The number of rotatable bonds is 5. The fraction of sp³-hybridized carbons (Fsp3) is 0.308. The van der Waals surface area contributed by atoms with Gasteiger partial charge in [-0.1, -0.05) is 6.92 Å². The highest BCUT2D eigenvalue weighted by Gasteiger charge is 2.12. The Hall–Kier alpha value is -2.37. The van der Waals surface area contributed by atoms with Crippen LogP contribution in [0.25, 0.3) is 6.08 Å². The molecule has 0 spiro atoms. The zero-order chi connectivity index (χ0) is 14.4. The smallest absolute Gasteiger partial charge is 0.333 e. The molecule has 0 aliphatic carbocycles. The van der Waals surface area contributed by atoms with Crippen LogP contribution in [0.15, 0.2) is 23.8 Å². The summed E-state index contributed by atoms with van der Waals surface area (Å²) >= 11 is 0. The normalized spacial score (nSPS) is 11.2. The van der Waals surface area contributed by atoms with Gasteiger partial charge < -0.3 is 9.84 Å². The van der Waals surface area contributed by atoms with Gasteiger partial charge in [0.1, 0.15) is 5.75 Å². The van der Waals surface area contributed by atoms with Gasteiger partial charge in [-0.05, 0) is 25.5 Å². The molecule has 0 atom stereocenters. The molecule has 0 aliphatic heterocycles. The van der Waals surface area contributed by atoms with Gasteiger partial charge in [-0.3, -0.25) is 10.1 Å². The Labute approximate surface area is 110 Å². The van der Waals surface area contributed by atoms with E-state index in [4.69, 9.17) is 4.74 Å². The standard InChI is InChI=1S/C13H15NO5/c1-3-9(13(16)19-4-2)7-10-5-6-11(14(17)18)8-12(10)15/h5-8,15H,3-4H2,1-2H3. The van der Waals surface area contributed by atoms with Crippen LogP contribution in [0.1, 0.15) is 25.8 Å². The van der Waals surface area contributed by atoms with Crippen LogP contribution < -0.4 is 0 Å². The molecule has 0 saturated carbocycles. The lowest BCUT2D eigenvalue weighted by molar-refractivity contribution is -0.384. The lowest BCUT2D eigenvalue weighted by Gasteiger charge is -2.05. The average molecular weight is 265 g/mol. The van der Waals surface area contributed by atoms with Gasteiger partial charge in [-0.15, -0.1) is 0 Å². The Morgan fingerprint density at radius 3 is 2.63 bits per heavy atom. The Morgan fingerprint density at radius 1 is 1.47 bits per heavy atom. The van der Waals surface area contributed by atoms with E-state index in [0.717, 1.165) is 6.07 Å². The minimum absolute atomic E-state index is 0.205. The maximum Gasteiger partial charge on any atom is 0.333 e. The van der Waals surface area contributed by atoms with Gasteiger partial charge in [-0.25, -0.2) is 4.79 Å². The number of carbonyl (C=O) groups excluding carboxylic acids is 1. The van der Waals surface area contributed by atoms with Crippen molar-refractivity contribution in [1.29, 1.82) is 0 Å². The first-order chi connectivity index (χ1) is 8.99. The Kier molecular flexibility index (Phi) is 5.05. The van der Waals surface area contributed by atoms with Gasteiger partial charge in [0.05, 0.1) is 17.6 Å². The van der Waals surface area contributed by atoms with E-state index in [9.17, 15) is 20.0 Å². The van der Waals surface area contributed by atoms with Crippen molar-refractivity contribution < 1.29 is 19.6 Å². The number of ether oxygens (including phenoxy) is 1. The summed E-state index contributed by atoms with van der Waals surface area (Å²) in [5.74, 6) is -0.702. The second-order valence-electron chi connectivity index (χ2n) is 3.74. The van der Waals surface area contributed by atoms with Crippen LogP contribution in [0.2, 0.25) is 0 Å². The van der Waals surface area contributed by atoms with E-state index in [-0.39, 0.29) is 18.0 Å². The number of carbonyl (C=O) groups is 1. The van der Waals surface area contributed by atoms with Crippen LogP contribution in [0, 0.1) is 10.1 Å². The quantitative estimate of drug-likeness (QED) is 0.382. The number of aromatic hydroxyl groups is 1. The van der Waals surface area contributed by atoms with E-state index in [1.807, 2.05) is 0 Å². The molecule has 6 nitrogen and oxygen atoms in total. The number of hydrogen-bond acceptors (Lipinski definition) is 5. The number of non-ortho nitro benzene ring substituents is 1. The summed E-state index contributed by atoms with van der Waals surface area (Å²) in [6, 6.07) is 3.70. The number of phenolic OH excluding ortho intramolecular Hbond substituents is 1. The molecule has 1 aromatic rings. The summed E-state index contributed by atoms with van der Waals surface area (Å²) in [4.78, 5) is 21.5. The Morgan fingerprint density at radius 2 is 2.16 bits per heavy atom. The van der Waals surface area contributed by atoms with Gasteiger partial charge in [0.25, 0.3) is 5.69 Å². The van der Waals surface area contributed by atoms with Crippen LogP contribution in [-0.2, 0) is 9.53 Å². The first kappa shape index (κ1) is 14.7. The molecule has 102 valence electrons. The van der Waals surface area contributed by atoms with Crippen molar-refractivity contribution >= 4 is 17.7 Å². The van der Waals surface area contributed by atoms with Crippen molar-refractivity contribution in [3.8, 4) is 5.75 Å². The predicted molar refractivity (Wildman–Crippen MR) is 69.7 cm³/mol. The molecular weight excluding hydrogens is 250 g/mol. The highest BCUT2D eigenvalue weighted by molar-refractivity contribution is 5.94. The number of nitrogens with zero attached hydrogens (tertiary/aromatic N) is 1. The molecule has 0 amide bonds. The minimum atomic E-state index is -0.598. The second kappa shape index (κ2) is 6.53. The number of nitro benzene ring substituents is 1. The molecule has 0 heterocycles. The third-order valence-electron chi connectivity index (χ3n) is 2.47. The number of nitro groups is 1. The summed E-state index contributed by atoms with van der Waals surface area (Å²) in [6.07, 6.45) is 1.91. The van der Waals surface area contributed by atoms with Gasteiger partial charge in [0.15, 0.2) is 0 Å². The average Bonchev–Trinajstić information content (AvgIpc) is 2.37. The van der Waals surface area contributed by atoms with Crippen LogP contribution in [0.5, 0.6) is 5.75 Å². The Balaban J connectivity index is 3.08. The second-order valence-corrected chi connectivity index (χ2v) is 3.74. The first-order valence-electron chi connectivity index (χ1n) is 5.84. The van der Waals surface area contributed by atoms with E-state index in [0.29, 0.717) is 17.6 Å². The summed E-state index contributed by atoms with van der Waals surface area (Å²) in [5, 5.41) is 20.2. The molecule has 0 unspecified atom stereocenters. The predicted octanol–water partition coefficient (Wildman–Crippen LogP) is 2.66. The van der Waals surface area contributed by atoms with E-state index in [1.54, 1.807) is 13.8 Å². The lowest BCUT2D eigenvalue weighted by Crippen LogP contribution is -2.06. The summed E-state index contributed by atoms with van der Waals surface area (Å²) in [5.41, 5.74) is 0.533. The lowest BCUT2D eigenvalue weighted by atomic mass is 10.1. The molecule has 0 saturated heterocycles. The molecule has 0 radical (unpaired) electrons. The highest BCUT2D eigenvalue weighted by Crippen LogP contribution is 2.26. The monoisotopic (exact) mass is 265 g/mol. The summed E-state index contributed by atoms with van der Waals surface area (Å²) in [7, 11) is 0. The maximum atomic E-state index is 11.6. The fourth-order valence-electron chi connectivity index (χ4n) is 1.48. The van der Waals surface area contributed by atoms with Crippen molar-refractivity contribution in [2.24, 2.45) is 0 Å². The molecule has 19 heavy (non-hydrogen) atoms. The zero-order valence-electron chi connectivity index (χ0n) is 10.8. The third kappa shape index (κ3) is 3.80. The number of esters is 1. The Bertz CT molecular complexity index is 522. The largest absolute Gasteiger partial charge is 0.507 e. The van der Waals surface area contributed by atoms with Crippen LogP contribution in [0.3, 0.4) is 0 Å². The third-order valence-corrected chi connectivity index (χ3v) is 2.47. The number of phenols is 1. The van der Waals surface area contributed by atoms with E-state index < -0.39 is 10.9 Å². The van der Waals surface area contributed by atoms with Gasteiger partial charge in [-0.2, -0.15) is 0 Å². The molecule has 0 fully saturated rings. The molecular formula is C13H15NO5. The topological polar surface area (TPSA) is 89.7 Å².